The lowest BCUT2D eigenvalue weighted by Gasteiger charge is -2.39. The smallest absolute Gasteiger partial charge is 0.416 e. The monoisotopic (exact) mass is 1270 g/mol. The number of aliphatic hydroxyl groups is 2. The Kier molecular flexibility index (Phi) is 19.9. The van der Waals surface area contributed by atoms with Crippen LogP contribution in [0.1, 0.15) is 107 Å². The van der Waals surface area contributed by atoms with Gasteiger partial charge in [-0.2, -0.15) is 0 Å². The van der Waals surface area contributed by atoms with E-state index in [1.807, 2.05) is 42.6 Å². The summed E-state index contributed by atoms with van der Waals surface area (Å²) in [6.45, 7) is 6.19. The number of anilines is 2. The highest BCUT2D eigenvalue weighted by Gasteiger charge is 2.46. The zero-order valence-electron chi connectivity index (χ0n) is 52.5. The molecule has 5 aliphatic rings. The predicted molar refractivity (Wildman–Crippen MR) is 342 cm³/mol. The summed E-state index contributed by atoms with van der Waals surface area (Å²) in [5.41, 5.74) is 8.57. The topological polar surface area (TPSA) is 280 Å². The molecule has 0 aliphatic carbocycles. The molecule has 0 spiro atoms. The molecule has 93 heavy (non-hydrogen) atoms. The average molecular weight is 1270 g/mol. The molecule has 1 aromatic heterocycles. The van der Waals surface area contributed by atoms with Crippen LogP contribution in [0.4, 0.5) is 21.9 Å². The Morgan fingerprint density at radius 2 is 1.30 bits per heavy atom. The number of methoxy groups -OCH3 is 2. The van der Waals surface area contributed by atoms with Gasteiger partial charge in [-0.05, 0) is 114 Å². The summed E-state index contributed by atoms with van der Waals surface area (Å²) in [4.78, 5) is 109. The van der Waals surface area contributed by atoms with Gasteiger partial charge < -0.3 is 54.7 Å². The Morgan fingerprint density at radius 3 is 1.97 bits per heavy atom. The molecule has 484 valence electrons. The largest absolute Gasteiger partial charge is 0.493 e. The van der Waals surface area contributed by atoms with Crippen LogP contribution < -0.4 is 39.8 Å². The van der Waals surface area contributed by atoms with Crippen LogP contribution in [0.5, 0.6) is 23.0 Å². The van der Waals surface area contributed by atoms with Crippen molar-refractivity contribution in [3.8, 4) is 23.0 Å². The second-order valence-corrected chi connectivity index (χ2v) is 24.1. The molecule has 1 unspecified atom stereocenters. The van der Waals surface area contributed by atoms with E-state index in [-0.39, 0.29) is 105 Å². The van der Waals surface area contributed by atoms with Gasteiger partial charge in [0.15, 0.2) is 29.2 Å². The molecule has 6 heterocycles. The maximum Gasteiger partial charge on any atom is 0.416 e. The van der Waals surface area contributed by atoms with Crippen molar-refractivity contribution in [2.75, 3.05) is 31.0 Å². The second-order valence-electron chi connectivity index (χ2n) is 24.1. The fourth-order valence-corrected chi connectivity index (χ4v) is 12.3. The van der Waals surface area contributed by atoms with Gasteiger partial charge in [-0.25, -0.2) is 9.69 Å². The highest BCUT2D eigenvalue weighted by molar-refractivity contribution is 6.13. The number of aromatic nitrogens is 1. The first kappa shape index (κ1) is 64.6. The van der Waals surface area contributed by atoms with E-state index in [2.05, 4.69) is 45.1 Å². The van der Waals surface area contributed by atoms with Gasteiger partial charge in [0.05, 0.1) is 55.2 Å². The third-order valence-electron chi connectivity index (χ3n) is 17.4. The quantitative estimate of drug-likeness (QED) is 0.0307. The van der Waals surface area contributed by atoms with Crippen LogP contribution in [-0.4, -0.2) is 129 Å². The molecule has 0 radical (unpaired) electrons. The molecule has 5 aromatic carbocycles. The number of unbranched alkanes of at least 4 members (excludes halogenated alkanes) is 2. The summed E-state index contributed by atoms with van der Waals surface area (Å²) in [5, 5.41) is 31.1. The minimum Gasteiger partial charge on any atom is -0.493 e. The van der Waals surface area contributed by atoms with Crippen LogP contribution in [0.2, 0.25) is 0 Å². The van der Waals surface area contributed by atoms with Crippen molar-refractivity contribution in [2.45, 2.75) is 136 Å². The first-order valence-corrected chi connectivity index (χ1v) is 31.1. The Morgan fingerprint density at radius 1 is 0.667 bits per heavy atom. The van der Waals surface area contributed by atoms with Crippen molar-refractivity contribution in [1.82, 2.24) is 30.3 Å². The molecule has 6 aromatic rings. The van der Waals surface area contributed by atoms with Crippen molar-refractivity contribution in [2.24, 2.45) is 10.9 Å². The lowest BCUT2D eigenvalue weighted by molar-refractivity contribution is -0.137. The Labute approximate surface area is 538 Å². The molecule has 5 atom stereocenters. The Bertz CT molecular complexity index is 3890. The lowest BCUT2D eigenvalue weighted by Crippen LogP contribution is -2.55. The predicted octanol–water partition coefficient (Wildman–Crippen LogP) is 7.50. The van der Waals surface area contributed by atoms with Crippen molar-refractivity contribution >= 4 is 64.8 Å². The SMILES string of the molecule is COc1cc2c(cc1OCc1cc(CO)cc(COc3cc4c(cc3OC)C(=O)N3Cc5ccccc5C[C@H]3C(O)N4C(=O)OCc3ccc(NC(=O)[C@H](C)NC(=O)[C@@H](NC(=O)CCCCCN4C(=O)C=CC4=O)C(C)C)cc3)n1)N=C[C@@H]1Cc3ccccc3CN1C2. The third kappa shape index (κ3) is 14.7. The van der Waals surface area contributed by atoms with E-state index in [4.69, 9.17) is 33.7 Å². The molecule has 0 saturated heterocycles. The number of aliphatic imine (C=N–C) groups is 1. The van der Waals surface area contributed by atoms with Crippen molar-refractivity contribution in [1.29, 1.82) is 0 Å². The first-order valence-electron chi connectivity index (χ1n) is 31.1. The zero-order chi connectivity index (χ0) is 65.4. The summed E-state index contributed by atoms with van der Waals surface area (Å²) >= 11 is 0. The minimum absolute atomic E-state index is 0.00261. The summed E-state index contributed by atoms with van der Waals surface area (Å²) < 4.78 is 30.4. The zero-order valence-corrected chi connectivity index (χ0v) is 52.5. The molecule has 23 nitrogen and oxygen atoms in total. The molecule has 0 bridgehead atoms. The molecule has 5 N–H and O–H groups in total. The number of nitrogens with zero attached hydrogens (tertiary/aromatic N) is 6. The molecular formula is C70H75N9O14. The van der Waals surface area contributed by atoms with Gasteiger partial charge in [0, 0.05) is 74.8 Å². The van der Waals surface area contributed by atoms with Gasteiger partial charge in [-0.3, -0.25) is 48.5 Å². The number of hydrogen-bond donors (Lipinski definition) is 5. The highest BCUT2D eigenvalue weighted by atomic mass is 16.6. The summed E-state index contributed by atoms with van der Waals surface area (Å²) in [7, 11) is 3.01. The number of rotatable bonds is 23. The number of carbonyl (C=O) groups is 7. The minimum atomic E-state index is -1.61. The number of carbonyl (C=O) groups excluding carboxylic acids is 7. The van der Waals surface area contributed by atoms with Crippen molar-refractivity contribution in [3.05, 3.63) is 177 Å². The van der Waals surface area contributed by atoms with Gasteiger partial charge in [0.25, 0.3) is 17.7 Å². The van der Waals surface area contributed by atoms with Crippen LogP contribution >= 0.6 is 0 Å². The second kappa shape index (κ2) is 28.7. The molecule has 5 aliphatic heterocycles. The molecule has 0 fully saturated rings. The Hall–Kier alpha value is -9.97. The van der Waals surface area contributed by atoms with Crippen LogP contribution in [0.25, 0.3) is 0 Å². The van der Waals surface area contributed by atoms with Gasteiger partial charge in [-0.1, -0.05) is 80.9 Å². The number of fused-ring (bicyclic) bond motifs is 6. The fraction of sp³-hybridized carbons (Fsp3) is 0.357. The number of aliphatic hydroxyl groups excluding tert-OH is 2. The van der Waals surface area contributed by atoms with Crippen molar-refractivity contribution in [3.63, 3.8) is 0 Å². The van der Waals surface area contributed by atoms with E-state index >= 15 is 0 Å². The number of nitrogens with one attached hydrogen (secondary N) is 3. The number of hydrogen-bond acceptors (Lipinski definition) is 17. The van der Waals surface area contributed by atoms with E-state index in [1.165, 1.54) is 49.4 Å². The van der Waals surface area contributed by atoms with Gasteiger partial charge in [0.2, 0.25) is 17.7 Å². The standard InChI is InChI=1S/C70H75N9O14/c1-41(2)65(75-62(81)17-7-6-12-24-77-63(82)22-23-64(77)83)67(85)72-42(3)66(84)74-50-20-18-43(19-21-50)38-93-70(88)79-56-32-61(59(90-5)30-54(56)68(86)78-36-48-16-11-9-14-46(48)28-57(78)69(79)87)92-40-52-26-44(37-80)25-51(73-52)39-91-60-31-55-49(29-58(60)89-4)35-76-34-47-15-10-8-13-45(47)27-53(76)33-71-55/h8-11,13-16,18-23,25-26,29-33,41-42,53,57,65,69,80,87H,6-7,12,17,24,27-28,34-40H2,1-5H3,(H,72,85)(H,74,84)(H,75,81)/t42-,53-,57-,65-,69?/m0/s1. The molecule has 0 saturated carbocycles. The van der Waals surface area contributed by atoms with Crippen LogP contribution in [0.3, 0.4) is 0 Å². The first-order chi connectivity index (χ1) is 44.9. The van der Waals surface area contributed by atoms with Crippen LogP contribution in [0.15, 0.2) is 126 Å². The van der Waals surface area contributed by atoms with E-state index in [0.29, 0.717) is 65.5 Å². The molecule has 11 rings (SSSR count). The van der Waals surface area contributed by atoms with Gasteiger partial charge >= 0.3 is 6.09 Å². The van der Waals surface area contributed by atoms with Crippen LogP contribution in [0, 0.1) is 5.92 Å². The number of ether oxygens (including phenoxy) is 5. The van der Waals surface area contributed by atoms with E-state index in [9.17, 15) is 43.8 Å². The van der Waals surface area contributed by atoms with E-state index in [1.54, 1.807) is 62.3 Å². The number of pyridine rings is 1. The number of amides is 7. The Balaban J connectivity index is 0.744. The van der Waals surface area contributed by atoms with E-state index < -0.39 is 48.2 Å². The van der Waals surface area contributed by atoms with Gasteiger partial charge in [0.1, 0.15) is 31.9 Å². The molecular weight excluding hydrogens is 1190 g/mol. The lowest BCUT2D eigenvalue weighted by atomic mass is 9.93. The maximum atomic E-state index is 14.8. The molecule has 23 heteroatoms. The van der Waals surface area contributed by atoms with Gasteiger partial charge in [-0.15, -0.1) is 0 Å². The molecule has 7 amide bonds. The maximum absolute atomic E-state index is 14.8. The number of benzene rings is 5. The highest BCUT2D eigenvalue weighted by Crippen LogP contribution is 2.43. The van der Waals surface area contributed by atoms with Crippen molar-refractivity contribution < 1.29 is 67.5 Å². The average Bonchev–Trinajstić information content (AvgIpc) is 1.63. The fourth-order valence-electron chi connectivity index (χ4n) is 12.3. The normalized spacial score (nSPS) is 17.7. The van der Waals surface area contributed by atoms with E-state index in [0.717, 1.165) is 45.1 Å². The third-order valence-corrected chi connectivity index (χ3v) is 17.4. The summed E-state index contributed by atoms with van der Waals surface area (Å²) in [6, 6.07) is 30.0. The summed E-state index contributed by atoms with van der Waals surface area (Å²) in [6.07, 6.45) is 4.69. The summed E-state index contributed by atoms with van der Waals surface area (Å²) in [5.74, 6) is -1.66. The van der Waals surface area contributed by atoms with Crippen LogP contribution in [-0.2, 0) is 87.6 Å². The number of imide groups is 1.